The van der Waals surface area contributed by atoms with Crippen molar-refractivity contribution in [1.82, 2.24) is 5.32 Å². The standard InChI is InChI=1S/C14H17F2N/c15-13(16)8-17-7-12-11-6-5-9-3-1-2-4-10(9)14(11)12/h1-4,11-14,17H,5-8H2. The van der Waals surface area contributed by atoms with E-state index < -0.39 is 6.43 Å². The summed E-state index contributed by atoms with van der Waals surface area (Å²) in [5.41, 5.74) is 2.93. The summed E-state index contributed by atoms with van der Waals surface area (Å²) in [6.45, 7) is 0.575. The second-order valence-corrected chi connectivity index (χ2v) is 5.14. The van der Waals surface area contributed by atoms with E-state index in [4.69, 9.17) is 0 Å². The molecule has 1 saturated carbocycles. The first kappa shape index (κ1) is 11.1. The van der Waals surface area contributed by atoms with Gasteiger partial charge in [-0.1, -0.05) is 24.3 Å². The second kappa shape index (κ2) is 4.37. The summed E-state index contributed by atoms with van der Waals surface area (Å²) in [6, 6.07) is 8.58. The lowest BCUT2D eigenvalue weighted by atomic mass is 9.92. The van der Waals surface area contributed by atoms with Gasteiger partial charge in [0.25, 0.3) is 6.43 Å². The van der Waals surface area contributed by atoms with Gasteiger partial charge in [0.1, 0.15) is 0 Å². The van der Waals surface area contributed by atoms with Crippen molar-refractivity contribution in [3.8, 4) is 0 Å². The van der Waals surface area contributed by atoms with Gasteiger partial charge in [-0.2, -0.15) is 0 Å². The largest absolute Gasteiger partial charge is 0.311 e. The molecule has 17 heavy (non-hydrogen) atoms. The summed E-state index contributed by atoms with van der Waals surface area (Å²) < 4.78 is 24.1. The van der Waals surface area contributed by atoms with Gasteiger partial charge in [-0.25, -0.2) is 8.78 Å². The zero-order chi connectivity index (χ0) is 11.8. The Morgan fingerprint density at radius 1 is 1.29 bits per heavy atom. The van der Waals surface area contributed by atoms with Crippen LogP contribution in [0.5, 0.6) is 0 Å². The minimum atomic E-state index is -2.23. The van der Waals surface area contributed by atoms with Crippen LogP contribution in [0.3, 0.4) is 0 Å². The highest BCUT2D eigenvalue weighted by molar-refractivity contribution is 5.39. The maximum Gasteiger partial charge on any atom is 0.250 e. The van der Waals surface area contributed by atoms with Crippen molar-refractivity contribution in [3.63, 3.8) is 0 Å². The lowest BCUT2D eigenvalue weighted by Crippen LogP contribution is -2.24. The molecular formula is C14H17F2N. The van der Waals surface area contributed by atoms with Crippen molar-refractivity contribution >= 4 is 0 Å². The Hall–Kier alpha value is -0.960. The topological polar surface area (TPSA) is 12.0 Å². The SMILES string of the molecule is FC(F)CNCC1C2CCc3ccccc3C21. The quantitative estimate of drug-likeness (QED) is 0.849. The molecule has 1 N–H and O–H groups in total. The monoisotopic (exact) mass is 237 g/mol. The van der Waals surface area contributed by atoms with Crippen LogP contribution < -0.4 is 5.32 Å². The number of nitrogens with one attached hydrogen (secondary N) is 1. The van der Waals surface area contributed by atoms with Gasteiger partial charge < -0.3 is 5.32 Å². The average molecular weight is 237 g/mol. The lowest BCUT2D eigenvalue weighted by molar-refractivity contribution is 0.145. The Morgan fingerprint density at radius 3 is 2.94 bits per heavy atom. The van der Waals surface area contributed by atoms with E-state index in [9.17, 15) is 8.78 Å². The summed E-state index contributed by atoms with van der Waals surface area (Å²) >= 11 is 0. The Morgan fingerprint density at radius 2 is 2.12 bits per heavy atom. The fourth-order valence-electron chi connectivity index (χ4n) is 3.35. The number of halogens is 2. The van der Waals surface area contributed by atoms with Gasteiger partial charge in [-0.05, 0) is 48.3 Å². The fourth-order valence-corrected chi connectivity index (χ4v) is 3.35. The van der Waals surface area contributed by atoms with Crippen LogP contribution in [-0.4, -0.2) is 19.5 Å². The van der Waals surface area contributed by atoms with E-state index in [1.807, 2.05) is 0 Å². The summed E-state index contributed by atoms with van der Waals surface area (Å²) in [5.74, 6) is 1.94. The Labute approximate surface area is 100 Å². The van der Waals surface area contributed by atoms with Crippen molar-refractivity contribution in [2.24, 2.45) is 11.8 Å². The molecule has 0 spiro atoms. The normalized spacial score (nSPS) is 29.9. The van der Waals surface area contributed by atoms with Crippen molar-refractivity contribution in [2.45, 2.75) is 25.2 Å². The average Bonchev–Trinajstić information content (AvgIpc) is 3.03. The van der Waals surface area contributed by atoms with Crippen LogP contribution >= 0.6 is 0 Å². The lowest BCUT2D eigenvalue weighted by Gasteiger charge is -2.13. The minimum absolute atomic E-state index is 0.169. The minimum Gasteiger partial charge on any atom is -0.311 e. The van der Waals surface area contributed by atoms with Crippen LogP contribution in [0.4, 0.5) is 8.78 Å². The highest BCUT2D eigenvalue weighted by Crippen LogP contribution is 2.59. The van der Waals surface area contributed by atoms with Gasteiger partial charge in [0.15, 0.2) is 0 Å². The first-order valence-corrected chi connectivity index (χ1v) is 6.34. The van der Waals surface area contributed by atoms with Gasteiger partial charge in [0, 0.05) is 0 Å². The van der Waals surface area contributed by atoms with Crippen LogP contribution in [0.15, 0.2) is 24.3 Å². The molecule has 0 saturated heterocycles. The third-order valence-corrected chi connectivity index (χ3v) is 4.17. The third kappa shape index (κ3) is 2.08. The highest BCUT2D eigenvalue weighted by Gasteiger charge is 2.52. The van der Waals surface area contributed by atoms with Crippen LogP contribution in [0.2, 0.25) is 0 Å². The van der Waals surface area contributed by atoms with E-state index in [0.717, 1.165) is 18.9 Å². The van der Waals surface area contributed by atoms with E-state index >= 15 is 0 Å². The molecule has 1 aromatic rings. The van der Waals surface area contributed by atoms with Crippen molar-refractivity contribution in [3.05, 3.63) is 35.4 Å². The Balaban J connectivity index is 1.62. The van der Waals surface area contributed by atoms with E-state index in [-0.39, 0.29) is 6.54 Å². The van der Waals surface area contributed by atoms with E-state index in [2.05, 4.69) is 29.6 Å². The number of fused-ring (bicyclic) bond motifs is 3. The van der Waals surface area contributed by atoms with Crippen molar-refractivity contribution < 1.29 is 8.78 Å². The van der Waals surface area contributed by atoms with E-state index in [1.165, 1.54) is 17.5 Å². The number of rotatable bonds is 4. The number of hydrogen-bond donors (Lipinski definition) is 1. The van der Waals surface area contributed by atoms with Crippen LogP contribution in [0.1, 0.15) is 23.5 Å². The van der Waals surface area contributed by atoms with Crippen molar-refractivity contribution in [2.75, 3.05) is 13.1 Å². The summed E-state index contributed by atoms with van der Waals surface area (Å²) in [6.07, 6.45) is 0.147. The first-order valence-electron chi connectivity index (χ1n) is 6.34. The molecule has 3 heteroatoms. The molecule has 2 aliphatic rings. The molecule has 1 nitrogen and oxygen atoms in total. The molecule has 0 aliphatic heterocycles. The fraction of sp³-hybridized carbons (Fsp3) is 0.571. The molecule has 0 heterocycles. The van der Waals surface area contributed by atoms with Crippen LogP contribution in [0, 0.1) is 11.8 Å². The number of hydrogen-bond acceptors (Lipinski definition) is 1. The predicted molar refractivity (Wildman–Crippen MR) is 63.4 cm³/mol. The number of alkyl halides is 2. The molecule has 3 unspecified atom stereocenters. The molecule has 2 aliphatic carbocycles. The molecular weight excluding hydrogens is 220 g/mol. The highest BCUT2D eigenvalue weighted by atomic mass is 19.3. The molecule has 0 radical (unpaired) electrons. The molecule has 0 amide bonds. The maximum absolute atomic E-state index is 12.1. The molecule has 0 aromatic heterocycles. The molecule has 3 rings (SSSR count). The van der Waals surface area contributed by atoms with Gasteiger partial charge in [0.2, 0.25) is 0 Å². The first-order chi connectivity index (χ1) is 8.27. The summed E-state index contributed by atoms with van der Waals surface area (Å²) in [5, 5.41) is 2.88. The Bertz CT molecular complexity index is 405. The van der Waals surface area contributed by atoms with E-state index in [1.54, 1.807) is 0 Å². The zero-order valence-corrected chi connectivity index (χ0v) is 9.70. The van der Waals surface area contributed by atoms with Gasteiger partial charge in [-0.15, -0.1) is 0 Å². The van der Waals surface area contributed by atoms with Gasteiger partial charge in [0.05, 0.1) is 6.54 Å². The second-order valence-electron chi connectivity index (χ2n) is 5.14. The smallest absolute Gasteiger partial charge is 0.250 e. The Kier molecular flexibility index (Phi) is 2.87. The van der Waals surface area contributed by atoms with Crippen LogP contribution in [0.25, 0.3) is 0 Å². The maximum atomic E-state index is 12.1. The zero-order valence-electron chi connectivity index (χ0n) is 9.70. The molecule has 1 aromatic carbocycles. The van der Waals surface area contributed by atoms with Gasteiger partial charge in [-0.3, -0.25) is 0 Å². The van der Waals surface area contributed by atoms with Crippen molar-refractivity contribution in [1.29, 1.82) is 0 Å². The number of benzene rings is 1. The molecule has 0 bridgehead atoms. The van der Waals surface area contributed by atoms with Gasteiger partial charge >= 0.3 is 0 Å². The molecule has 92 valence electrons. The summed E-state index contributed by atoms with van der Waals surface area (Å²) in [4.78, 5) is 0. The van der Waals surface area contributed by atoms with E-state index in [0.29, 0.717) is 11.8 Å². The number of aryl methyl sites for hydroxylation is 1. The molecule has 3 atom stereocenters. The summed E-state index contributed by atoms with van der Waals surface area (Å²) in [7, 11) is 0. The third-order valence-electron chi connectivity index (χ3n) is 4.17. The van der Waals surface area contributed by atoms with Crippen LogP contribution in [-0.2, 0) is 6.42 Å². The molecule has 1 fully saturated rings. The predicted octanol–water partition coefficient (Wildman–Crippen LogP) is 2.82.